The van der Waals surface area contributed by atoms with Crippen molar-refractivity contribution in [2.45, 2.75) is 38.6 Å². The molecule has 33 heavy (non-hydrogen) atoms. The van der Waals surface area contributed by atoms with E-state index in [1.165, 1.54) is 12.5 Å². The molecule has 2 aromatic carbocycles. The molecule has 1 aliphatic carbocycles. The van der Waals surface area contributed by atoms with Crippen LogP contribution >= 0.6 is 0 Å². The Morgan fingerprint density at radius 3 is 2.70 bits per heavy atom. The number of ether oxygens (including phenoxy) is 1. The van der Waals surface area contributed by atoms with Gasteiger partial charge in [-0.1, -0.05) is 31.4 Å². The summed E-state index contributed by atoms with van der Waals surface area (Å²) >= 11 is 0. The minimum Gasteiger partial charge on any atom is -0.457 e. The number of carbonyl (C=O) groups is 2. The maximum absolute atomic E-state index is 12.5. The van der Waals surface area contributed by atoms with Crippen LogP contribution in [0.5, 0.6) is 5.75 Å². The van der Waals surface area contributed by atoms with Gasteiger partial charge in [-0.25, -0.2) is 0 Å². The number of hydrogen-bond donors (Lipinski definition) is 2. The molecule has 5 rings (SSSR count). The molecule has 1 aliphatic heterocycles. The first kappa shape index (κ1) is 21.1. The monoisotopic (exact) mass is 441 g/mol. The molecular formula is C27H27N3O3. The molecule has 1 spiro atoms. The fraction of sp³-hybridized carbons (Fsp3) is 0.259. The standard InChI is InChI=1S/C27H27N3O3/c1-5-24(31)29-25-16(2)7-10-23(17(25)3)33-18(4)19-8-9-20-14-22-26(32)28-15-27(11-6-12-27)30(22)21(20)13-19/h5,7-10,13-14H,1,4,6,11-12,15H2,2-3H3,(H,28,32)(H,29,31). The van der Waals surface area contributed by atoms with Gasteiger partial charge in [0.2, 0.25) is 5.91 Å². The van der Waals surface area contributed by atoms with Gasteiger partial charge in [-0.15, -0.1) is 0 Å². The van der Waals surface area contributed by atoms with E-state index in [2.05, 4.69) is 34.4 Å². The number of anilines is 1. The Balaban J connectivity index is 1.50. The molecule has 0 radical (unpaired) electrons. The summed E-state index contributed by atoms with van der Waals surface area (Å²) in [6.45, 7) is 12.2. The van der Waals surface area contributed by atoms with Crippen LogP contribution in [0.1, 0.15) is 46.4 Å². The van der Waals surface area contributed by atoms with Gasteiger partial charge in [0, 0.05) is 28.6 Å². The van der Waals surface area contributed by atoms with Gasteiger partial charge < -0.3 is 19.9 Å². The highest BCUT2D eigenvalue weighted by molar-refractivity contribution is 6.01. The lowest BCUT2D eigenvalue weighted by Crippen LogP contribution is -2.55. The largest absolute Gasteiger partial charge is 0.457 e. The number of hydrogen-bond acceptors (Lipinski definition) is 3. The summed E-state index contributed by atoms with van der Waals surface area (Å²) in [5.74, 6) is 0.833. The smallest absolute Gasteiger partial charge is 0.268 e. The third kappa shape index (κ3) is 3.33. The predicted octanol–water partition coefficient (Wildman–Crippen LogP) is 5.05. The minimum absolute atomic E-state index is 0.0234. The van der Waals surface area contributed by atoms with Crippen molar-refractivity contribution in [2.24, 2.45) is 0 Å². The zero-order valence-electron chi connectivity index (χ0n) is 19.0. The molecule has 0 unspecified atom stereocenters. The number of aromatic nitrogens is 1. The van der Waals surface area contributed by atoms with Gasteiger partial charge in [0.15, 0.2) is 0 Å². The molecule has 1 fully saturated rings. The molecule has 0 saturated heterocycles. The van der Waals surface area contributed by atoms with Crippen molar-refractivity contribution >= 4 is 34.2 Å². The zero-order valence-corrected chi connectivity index (χ0v) is 19.0. The van der Waals surface area contributed by atoms with Crippen molar-refractivity contribution in [1.29, 1.82) is 0 Å². The van der Waals surface area contributed by atoms with Crippen molar-refractivity contribution in [1.82, 2.24) is 9.88 Å². The number of nitrogens with one attached hydrogen (secondary N) is 2. The van der Waals surface area contributed by atoms with Crippen molar-refractivity contribution in [3.63, 3.8) is 0 Å². The van der Waals surface area contributed by atoms with Crippen LogP contribution in [0.3, 0.4) is 0 Å². The summed E-state index contributed by atoms with van der Waals surface area (Å²) in [5, 5.41) is 6.95. The number of carbonyl (C=O) groups excluding carboxylic acids is 2. The van der Waals surface area contributed by atoms with Gasteiger partial charge in [0.05, 0.1) is 11.2 Å². The molecular weight excluding hydrogens is 414 g/mol. The Kier molecular flexibility index (Phi) is 4.89. The molecule has 2 amide bonds. The van der Waals surface area contributed by atoms with E-state index in [9.17, 15) is 9.59 Å². The maximum Gasteiger partial charge on any atom is 0.268 e. The molecule has 0 bridgehead atoms. The van der Waals surface area contributed by atoms with Crippen LogP contribution in [-0.2, 0) is 10.3 Å². The van der Waals surface area contributed by atoms with E-state index in [4.69, 9.17) is 4.74 Å². The quantitative estimate of drug-likeness (QED) is 0.430. The number of fused-ring (bicyclic) bond motifs is 4. The van der Waals surface area contributed by atoms with E-state index < -0.39 is 0 Å². The second kappa shape index (κ2) is 7.66. The van der Waals surface area contributed by atoms with Crippen LogP contribution in [0.4, 0.5) is 5.69 Å². The summed E-state index contributed by atoms with van der Waals surface area (Å²) < 4.78 is 8.39. The fourth-order valence-corrected chi connectivity index (χ4v) is 4.95. The van der Waals surface area contributed by atoms with Crippen molar-refractivity contribution in [2.75, 3.05) is 11.9 Å². The molecule has 168 valence electrons. The van der Waals surface area contributed by atoms with Crippen LogP contribution in [0.25, 0.3) is 16.7 Å². The summed E-state index contributed by atoms with van der Waals surface area (Å²) in [5.41, 5.74) is 5.03. The van der Waals surface area contributed by atoms with E-state index >= 15 is 0 Å². The zero-order chi connectivity index (χ0) is 23.3. The number of amides is 2. The molecule has 0 atom stereocenters. The molecule has 1 aromatic heterocycles. The lowest BCUT2D eigenvalue weighted by atomic mass is 9.75. The second-order valence-electron chi connectivity index (χ2n) is 9.00. The average Bonchev–Trinajstić information content (AvgIpc) is 3.17. The first-order valence-corrected chi connectivity index (χ1v) is 11.2. The molecule has 2 heterocycles. The summed E-state index contributed by atoms with van der Waals surface area (Å²) in [7, 11) is 0. The van der Waals surface area contributed by atoms with Crippen LogP contribution in [0, 0.1) is 13.8 Å². The van der Waals surface area contributed by atoms with E-state index in [-0.39, 0.29) is 17.4 Å². The van der Waals surface area contributed by atoms with Crippen LogP contribution < -0.4 is 15.4 Å². The highest BCUT2D eigenvalue weighted by atomic mass is 16.5. The third-order valence-electron chi connectivity index (χ3n) is 6.99. The first-order valence-electron chi connectivity index (χ1n) is 11.2. The summed E-state index contributed by atoms with van der Waals surface area (Å²) in [4.78, 5) is 24.4. The molecule has 1 saturated carbocycles. The summed E-state index contributed by atoms with van der Waals surface area (Å²) in [6, 6.07) is 11.8. The molecule has 6 nitrogen and oxygen atoms in total. The normalized spacial score (nSPS) is 16.0. The van der Waals surface area contributed by atoms with E-state index in [0.29, 0.717) is 23.7 Å². The molecule has 6 heteroatoms. The number of benzene rings is 2. The predicted molar refractivity (Wildman–Crippen MR) is 131 cm³/mol. The third-order valence-corrected chi connectivity index (χ3v) is 6.99. The summed E-state index contributed by atoms with van der Waals surface area (Å²) in [6.07, 6.45) is 4.54. The second-order valence-corrected chi connectivity index (χ2v) is 9.00. The maximum atomic E-state index is 12.5. The Hall–Kier alpha value is -3.80. The van der Waals surface area contributed by atoms with E-state index in [0.717, 1.165) is 46.1 Å². The Morgan fingerprint density at radius 1 is 1.21 bits per heavy atom. The van der Waals surface area contributed by atoms with Gasteiger partial charge in [0.1, 0.15) is 17.2 Å². The molecule has 2 aliphatic rings. The SMILES string of the molecule is C=CC(=O)Nc1c(C)ccc(OC(=C)c2ccc3cc4n(c3c2)C2(CCC2)CNC4=O)c1C. The Bertz CT molecular complexity index is 1340. The number of aryl methyl sites for hydroxylation is 1. The van der Waals surface area contributed by atoms with Crippen molar-refractivity contribution in [3.8, 4) is 5.75 Å². The molecule has 3 aromatic rings. The highest BCUT2D eigenvalue weighted by Crippen LogP contribution is 2.44. The van der Waals surface area contributed by atoms with E-state index in [1.54, 1.807) is 0 Å². The minimum atomic E-state index is -0.269. The lowest BCUT2D eigenvalue weighted by molar-refractivity contribution is -0.111. The van der Waals surface area contributed by atoms with Gasteiger partial charge in [-0.05, 0) is 62.9 Å². The lowest BCUT2D eigenvalue weighted by Gasteiger charge is -2.47. The van der Waals surface area contributed by atoms with Crippen LogP contribution in [-0.4, -0.2) is 22.9 Å². The van der Waals surface area contributed by atoms with Gasteiger partial charge in [-0.3, -0.25) is 9.59 Å². The number of rotatable bonds is 5. The van der Waals surface area contributed by atoms with E-state index in [1.807, 2.05) is 44.2 Å². The topological polar surface area (TPSA) is 72.4 Å². The van der Waals surface area contributed by atoms with Crippen LogP contribution in [0.15, 0.2) is 55.6 Å². The van der Waals surface area contributed by atoms with Crippen molar-refractivity contribution in [3.05, 3.63) is 78.0 Å². The Morgan fingerprint density at radius 2 is 2.00 bits per heavy atom. The fourth-order valence-electron chi connectivity index (χ4n) is 4.95. The number of nitrogens with zero attached hydrogens (tertiary/aromatic N) is 1. The molecule has 2 N–H and O–H groups in total. The van der Waals surface area contributed by atoms with Gasteiger partial charge >= 0.3 is 0 Å². The van der Waals surface area contributed by atoms with Gasteiger partial charge in [0.25, 0.3) is 5.91 Å². The van der Waals surface area contributed by atoms with Gasteiger partial charge in [-0.2, -0.15) is 0 Å². The Labute approximate surface area is 192 Å². The van der Waals surface area contributed by atoms with Crippen molar-refractivity contribution < 1.29 is 14.3 Å². The average molecular weight is 442 g/mol. The first-order chi connectivity index (χ1) is 15.8. The van der Waals surface area contributed by atoms with Crippen LogP contribution in [0.2, 0.25) is 0 Å². The highest BCUT2D eigenvalue weighted by Gasteiger charge is 2.44.